The monoisotopic (exact) mass is 1470 g/mol. The lowest BCUT2D eigenvalue weighted by Crippen LogP contribution is -2.33. The molecule has 2 heterocycles. The standard InChI is InChI=1S/C67H94N2O26S4/c1-6-68-57-20-18-53-55(47-51(96(72,73)74)49-59(53)98(78,79)80)64(57)66(2,22-25-86-31-33-90-39-41-94-45-43-92-37-35-88-29-27-84-4)61(68)15-11-8-7-9-12-16-62-67(3,23-26-87-32-34-91-40-42-95-46-44-93-38-36-89-30-28-85-5)65-56-48-52(97(75,76)77)50-60(99(81,82)83)54(56)19-21-58(65)69(62)24-14-10-13-17-63(70)71/h7-9,11-12,15-16,18-21,47-50H,6,10,13-14,17,22-46H2,1-5H3,(H4-,70,71,72,73,74,75,76,77,78,79,80,81,82,83)/p+1. The van der Waals surface area contributed by atoms with E-state index in [-0.39, 0.29) is 87.1 Å². The number of hydrogen-bond donors (Lipinski definition) is 5. The van der Waals surface area contributed by atoms with Gasteiger partial charge in [-0.3, -0.25) is 23.0 Å². The zero-order valence-electron chi connectivity index (χ0n) is 56.7. The van der Waals surface area contributed by atoms with Gasteiger partial charge < -0.3 is 66.8 Å². The summed E-state index contributed by atoms with van der Waals surface area (Å²) in [7, 11) is -17.0. The van der Waals surface area contributed by atoms with E-state index in [0.29, 0.717) is 177 Å². The first-order valence-corrected chi connectivity index (χ1v) is 38.2. The van der Waals surface area contributed by atoms with Gasteiger partial charge in [-0.25, -0.2) is 0 Å². The van der Waals surface area contributed by atoms with Gasteiger partial charge in [0.05, 0.1) is 147 Å². The Balaban J connectivity index is 1.27. The molecule has 99 heavy (non-hydrogen) atoms. The Kier molecular flexibility index (Phi) is 33.6. The summed E-state index contributed by atoms with van der Waals surface area (Å²) in [5.41, 5.74) is 1.40. The number of unbranched alkanes of at least 4 members (excludes halogenated alkanes) is 2. The van der Waals surface area contributed by atoms with Gasteiger partial charge in [-0.1, -0.05) is 42.9 Å². The summed E-state index contributed by atoms with van der Waals surface area (Å²) < 4.78 is 213. The summed E-state index contributed by atoms with van der Waals surface area (Å²) in [5.74, 6) is -0.947. The molecule has 32 heteroatoms. The Morgan fingerprint density at radius 2 is 0.859 bits per heavy atom. The zero-order chi connectivity index (χ0) is 72.1. The van der Waals surface area contributed by atoms with Crippen LogP contribution in [-0.4, -0.2) is 246 Å². The third-order valence-corrected chi connectivity index (χ3v) is 20.0. The second kappa shape index (κ2) is 40.3. The first-order chi connectivity index (χ1) is 47.2. The van der Waals surface area contributed by atoms with E-state index in [1.165, 1.54) is 24.3 Å². The normalized spacial score (nSPS) is 17.3. The van der Waals surface area contributed by atoms with Crippen molar-refractivity contribution in [3.05, 3.63) is 108 Å². The number of hydrogen-bond acceptors (Lipinski definition) is 22. The first-order valence-electron chi connectivity index (χ1n) is 32.5. The molecule has 0 saturated carbocycles. The summed E-state index contributed by atoms with van der Waals surface area (Å²) >= 11 is 0. The van der Waals surface area contributed by atoms with E-state index in [4.69, 9.17) is 56.8 Å². The molecule has 0 aromatic heterocycles. The van der Waals surface area contributed by atoms with Crippen LogP contribution in [0.15, 0.2) is 116 Å². The van der Waals surface area contributed by atoms with Gasteiger partial charge >= 0.3 is 5.97 Å². The number of benzene rings is 4. The lowest BCUT2D eigenvalue weighted by molar-refractivity contribution is -0.433. The number of carbonyl (C=O) groups is 1. The molecule has 0 spiro atoms. The number of aliphatic carboxylic acids is 1. The van der Waals surface area contributed by atoms with Gasteiger partial charge in [0.15, 0.2) is 5.71 Å². The first kappa shape index (κ1) is 82.4. The minimum absolute atomic E-state index is 0.0110. The molecule has 5 N–H and O–H groups in total. The van der Waals surface area contributed by atoms with Gasteiger partial charge in [0.25, 0.3) is 40.5 Å². The molecular formula is C67H95N2O26S4+. The largest absolute Gasteiger partial charge is 0.481 e. The maximum absolute atomic E-state index is 13.0. The summed E-state index contributed by atoms with van der Waals surface area (Å²) in [4.78, 5) is 10.6. The van der Waals surface area contributed by atoms with Crippen LogP contribution >= 0.6 is 0 Å². The second-order valence-electron chi connectivity index (χ2n) is 23.3. The Morgan fingerprint density at radius 1 is 0.465 bits per heavy atom. The molecule has 28 nitrogen and oxygen atoms in total. The van der Waals surface area contributed by atoms with Gasteiger partial charge in [-0.2, -0.15) is 38.2 Å². The summed E-state index contributed by atoms with van der Waals surface area (Å²) in [5, 5.41) is 9.71. The van der Waals surface area contributed by atoms with E-state index >= 15 is 0 Å². The third-order valence-electron chi connectivity index (χ3n) is 16.5. The highest BCUT2D eigenvalue weighted by molar-refractivity contribution is 7.87. The molecule has 2 unspecified atom stereocenters. The molecule has 4 aromatic carbocycles. The van der Waals surface area contributed by atoms with E-state index in [1.807, 2.05) is 42.4 Å². The predicted octanol–water partition coefficient (Wildman–Crippen LogP) is 7.57. The highest BCUT2D eigenvalue weighted by Gasteiger charge is 2.49. The molecular weight excluding hydrogens is 1380 g/mol. The lowest BCUT2D eigenvalue weighted by atomic mass is 9.75. The van der Waals surface area contributed by atoms with Crippen LogP contribution in [0.25, 0.3) is 21.5 Å². The smallest absolute Gasteiger partial charge is 0.303 e. The maximum atomic E-state index is 13.0. The van der Waals surface area contributed by atoms with Crippen LogP contribution in [-0.2, 0) is 113 Å². The number of nitrogens with zero attached hydrogens (tertiary/aromatic N) is 2. The molecule has 0 bridgehead atoms. The van der Waals surface area contributed by atoms with E-state index in [0.717, 1.165) is 0 Å². The van der Waals surface area contributed by atoms with Crippen molar-refractivity contribution in [2.75, 3.05) is 178 Å². The molecule has 2 atom stereocenters. The number of ether oxygens (including phenoxy) is 12. The van der Waals surface area contributed by atoms with E-state index in [2.05, 4.69) is 0 Å². The van der Waals surface area contributed by atoms with Crippen LogP contribution < -0.4 is 4.90 Å². The molecule has 0 radical (unpaired) electrons. The second-order valence-corrected chi connectivity index (χ2v) is 28.9. The molecule has 4 aromatic rings. The number of allylic oxidation sites excluding steroid dienone is 8. The van der Waals surface area contributed by atoms with Gasteiger partial charge in [0, 0.05) is 85.7 Å². The van der Waals surface area contributed by atoms with E-state index in [1.54, 1.807) is 56.7 Å². The van der Waals surface area contributed by atoms with Crippen molar-refractivity contribution in [2.45, 2.75) is 89.7 Å². The molecule has 552 valence electrons. The minimum atomic E-state index is -5.08. The summed E-state index contributed by atoms with van der Waals surface area (Å²) in [6.07, 6.45) is 14.4. The quantitative estimate of drug-likeness (QED) is 0.0123. The molecule has 0 saturated heterocycles. The molecule has 0 amide bonds. The van der Waals surface area contributed by atoms with E-state index < -0.39 is 76.9 Å². The van der Waals surface area contributed by atoms with Gasteiger partial charge in [-0.15, -0.1) is 0 Å². The van der Waals surface area contributed by atoms with Gasteiger partial charge in [-0.05, 0) is 105 Å². The summed E-state index contributed by atoms with van der Waals surface area (Å²) in [6, 6.07) is 10.1. The zero-order valence-corrected chi connectivity index (χ0v) is 60.0. The number of anilines is 1. The van der Waals surface area contributed by atoms with Gasteiger partial charge in [0.1, 0.15) is 16.3 Å². The fourth-order valence-electron chi connectivity index (χ4n) is 11.8. The number of fused-ring (bicyclic) bond motifs is 6. The fraction of sp³-hybridized carbons (Fsp3) is 0.552. The van der Waals surface area contributed by atoms with Crippen molar-refractivity contribution in [1.82, 2.24) is 0 Å². The highest BCUT2D eigenvalue weighted by atomic mass is 32.2. The van der Waals surface area contributed by atoms with Crippen LogP contribution in [0.5, 0.6) is 0 Å². The van der Waals surface area contributed by atoms with Gasteiger partial charge in [0.2, 0.25) is 5.69 Å². The minimum Gasteiger partial charge on any atom is -0.481 e. The lowest BCUT2D eigenvalue weighted by Gasteiger charge is -2.31. The third kappa shape index (κ3) is 24.3. The highest BCUT2D eigenvalue weighted by Crippen LogP contribution is 2.54. The van der Waals surface area contributed by atoms with Crippen molar-refractivity contribution in [3.63, 3.8) is 0 Å². The molecule has 0 aliphatic carbocycles. The maximum Gasteiger partial charge on any atom is 0.303 e. The Morgan fingerprint density at radius 3 is 1.27 bits per heavy atom. The number of carboxylic acid groups (broad SMARTS) is 1. The van der Waals surface area contributed by atoms with Crippen LogP contribution in [0.3, 0.4) is 0 Å². The summed E-state index contributed by atoms with van der Waals surface area (Å²) in [6.45, 7) is 13.9. The Hall–Kier alpha value is -5.54. The van der Waals surface area contributed by atoms with Crippen molar-refractivity contribution in [3.8, 4) is 0 Å². The Labute approximate surface area is 580 Å². The predicted molar refractivity (Wildman–Crippen MR) is 367 cm³/mol. The average Bonchev–Trinajstić information content (AvgIpc) is 1.62. The molecule has 6 rings (SSSR count). The fourth-order valence-corrected chi connectivity index (χ4v) is 14.5. The topological polar surface area (TPSA) is 372 Å². The average molecular weight is 1470 g/mol. The van der Waals surface area contributed by atoms with Crippen LogP contribution in [0, 0.1) is 0 Å². The van der Waals surface area contributed by atoms with Crippen molar-refractivity contribution < 1.29 is 123 Å². The van der Waals surface area contributed by atoms with Crippen LogP contribution in [0.2, 0.25) is 0 Å². The molecule has 2 aliphatic rings. The van der Waals surface area contributed by atoms with Crippen LogP contribution in [0.1, 0.15) is 70.4 Å². The number of rotatable bonds is 51. The van der Waals surface area contributed by atoms with Crippen molar-refractivity contribution >= 4 is 85.1 Å². The van der Waals surface area contributed by atoms with Crippen molar-refractivity contribution in [2.24, 2.45) is 0 Å². The number of methoxy groups -OCH3 is 2. The molecule has 2 aliphatic heterocycles. The Bertz CT molecular complexity index is 3930. The molecule has 0 fully saturated rings. The van der Waals surface area contributed by atoms with E-state index in [9.17, 15) is 61.8 Å². The number of carboxylic acids is 1. The van der Waals surface area contributed by atoms with Crippen LogP contribution in [0.4, 0.5) is 11.4 Å². The SMILES string of the molecule is CC[N+]1=C(/C=C/C=C/C=C/C=C2/N(CCCCCC(=O)O)c3ccc4c(S(=O)(=O)O)cc(S(=O)(=O)O)cc4c3C2(C)CCOCCOCCOCCOCCOCCOC)C(C)(CCOCCOCCOCCOCCOCCOC)c2c1ccc1c(S(=O)(=O)O)cc(S(=O)(=O)O)cc21. The van der Waals surface area contributed by atoms with Crippen molar-refractivity contribution in [1.29, 1.82) is 0 Å².